The van der Waals surface area contributed by atoms with Crippen LogP contribution < -0.4 is 4.74 Å². The summed E-state index contributed by atoms with van der Waals surface area (Å²) in [5.41, 5.74) is 1.22. The van der Waals surface area contributed by atoms with Gasteiger partial charge in [0.1, 0.15) is 5.75 Å². The Balaban J connectivity index is 1.43. The zero-order valence-electron chi connectivity index (χ0n) is 16.5. The molecule has 3 aromatic rings. The number of aliphatic imine (C=N–C) groups is 1. The van der Waals surface area contributed by atoms with Crippen molar-refractivity contribution >= 4 is 33.5 Å². The van der Waals surface area contributed by atoms with Gasteiger partial charge in [0.2, 0.25) is 11.0 Å². The zero-order chi connectivity index (χ0) is 20.6. The lowest BCUT2D eigenvalue weighted by atomic mass is 10.2. The van der Waals surface area contributed by atoms with E-state index in [1.807, 2.05) is 54.6 Å². The average Bonchev–Trinajstić information content (AvgIpc) is 3.40. The van der Waals surface area contributed by atoms with Crippen molar-refractivity contribution in [3.05, 3.63) is 54.6 Å². The molecular weight excluding hydrogens is 400 g/mol. The number of amidine groups is 1. The number of hydrogen-bond acceptors (Lipinski definition) is 6. The fraction of sp³-hybridized carbons (Fsp3) is 0.318. The summed E-state index contributed by atoms with van der Waals surface area (Å²) in [4.78, 5) is 7.52. The van der Waals surface area contributed by atoms with E-state index in [1.54, 1.807) is 0 Å². The minimum atomic E-state index is -0.00385. The number of aromatic nitrogens is 1. The molecule has 0 unspecified atom stereocenters. The van der Waals surface area contributed by atoms with Crippen LogP contribution >= 0.6 is 11.8 Å². The molecule has 0 aliphatic carbocycles. The van der Waals surface area contributed by atoms with Crippen molar-refractivity contribution < 1.29 is 14.6 Å². The summed E-state index contributed by atoms with van der Waals surface area (Å²) in [6.45, 7) is 1.88. The van der Waals surface area contributed by atoms with E-state index >= 15 is 0 Å². The van der Waals surface area contributed by atoms with Crippen molar-refractivity contribution in [3.8, 4) is 11.6 Å². The Morgan fingerprint density at radius 2 is 2.00 bits per heavy atom. The van der Waals surface area contributed by atoms with E-state index in [1.165, 1.54) is 11.8 Å². The molecule has 1 atom stereocenters. The van der Waals surface area contributed by atoms with E-state index in [-0.39, 0.29) is 12.0 Å². The normalized spacial score (nSPS) is 17.2. The number of aromatic hydroxyl groups is 1. The van der Waals surface area contributed by atoms with E-state index < -0.39 is 0 Å². The highest BCUT2D eigenvalue weighted by Crippen LogP contribution is 2.35. The van der Waals surface area contributed by atoms with Gasteiger partial charge in [0, 0.05) is 17.7 Å². The highest BCUT2D eigenvalue weighted by Gasteiger charge is 2.15. The van der Waals surface area contributed by atoms with Crippen LogP contribution in [0.1, 0.15) is 12.8 Å². The highest BCUT2D eigenvalue weighted by molar-refractivity contribution is 8.13. The molecule has 2 N–H and O–H groups in total. The Labute approximate surface area is 179 Å². The Bertz CT molecular complexity index is 1010. The van der Waals surface area contributed by atoms with Crippen LogP contribution in [-0.4, -0.2) is 46.9 Å². The first kappa shape index (κ1) is 20.4. The Morgan fingerprint density at radius 3 is 2.83 bits per heavy atom. The number of thioether (sulfide) groups is 1. The van der Waals surface area contributed by atoms with Gasteiger partial charge in [-0.3, -0.25) is 4.99 Å². The summed E-state index contributed by atoms with van der Waals surface area (Å²) in [7, 11) is 0. The number of aromatic amines is 1. The maximum Gasteiger partial charge on any atom is 0.218 e. The van der Waals surface area contributed by atoms with Crippen LogP contribution in [0.4, 0.5) is 5.69 Å². The summed E-state index contributed by atoms with van der Waals surface area (Å²) >= 11 is 1.47. The van der Waals surface area contributed by atoms with Crippen molar-refractivity contribution in [2.24, 2.45) is 15.2 Å². The van der Waals surface area contributed by atoms with Gasteiger partial charge < -0.3 is 19.6 Å². The molecule has 7 nitrogen and oxygen atoms in total. The van der Waals surface area contributed by atoms with Gasteiger partial charge >= 0.3 is 0 Å². The van der Waals surface area contributed by atoms with E-state index in [0.29, 0.717) is 29.8 Å². The second-order valence-electron chi connectivity index (χ2n) is 6.84. The second kappa shape index (κ2) is 10.3. The van der Waals surface area contributed by atoms with Gasteiger partial charge in [0.05, 0.1) is 24.8 Å². The topological polar surface area (TPSA) is 91.6 Å². The smallest absolute Gasteiger partial charge is 0.218 e. The third-order valence-electron chi connectivity index (χ3n) is 4.68. The minimum Gasteiger partial charge on any atom is -0.493 e. The van der Waals surface area contributed by atoms with Crippen molar-refractivity contribution in [1.29, 1.82) is 0 Å². The van der Waals surface area contributed by atoms with Crippen LogP contribution in [0, 0.1) is 0 Å². The predicted molar refractivity (Wildman–Crippen MR) is 120 cm³/mol. The number of hydrogen-bond donors (Lipinski definition) is 2. The summed E-state index contributed by atoms with van der Waals surface area (Å²) < 4.78 is 11.4. The van der Waals surface area contributed by atoms with E-state index in [0.717, 1.165) is 36.1 Å². The van der Waals surface area contributed by atoms with Gasteiger partial charge in [-0.25, -0.2) is 0 Å². The number of benzene rings is 2. The summed E-state index contributed by atoms with van der Waals surface area (Å²) in [5.74, 6) is 1.51. The fourth-order valence-corrected chi connectivity index (χ4v) is 3.80. The average molecular weight is 425 g/mol. The molecule has 156 valence electrons. The summed E-state index contributed by atoms with van der Waals surface area (Å²) in [6, 6.07) is 17.3. The van der Waals surface area contributed by atoms with Gasteiger partial charge in [0.15, 0.2) is 5.69 Å². The Kier molecular flexibility index (Phi) is 6.99. The molecule has 1 fully saturated rings. The summed E-state index contributed by atoms with van der Waals surface area (Å²) in [6.07, 6.45) is 2.22. The maximum absolute atomic E-state index is 10.2. The van der Waals surface area contributed by atoms with Crippen LogP contribution in [0.2, 0.25) is 0 Å². The van der Waals surface area contributed by atoms with Crippen LogP contribution in [0.3, 0.4) is 0 Å². The van der Waals surface area contributed by atoms with Crippen molar-refractivity contribution in [2.75, 3.05) is 25.5 Å². The molecule has 1 aliphatic heterocycles. The van der Waals surface area contributed by atoms with Crippen LogP contribution in [-0.2, 0) is 4.74 Å². The molecule has 30 heavy (non-hydrogen) atoms. The monoisotopic (exact) mass is 424 g/mol. The van der Waals surface area contributed by atoms with E-state index in [4.69, 9.17) is 9.47 Å². The minimum absolute atomic E-state index is 0.00385. The fourth-order valence-electron chi connectivity index (χ4n) is 3.19. The van der Waals surface area contributed by atoms with Crippen molar-refractivity contribution in [2.45, 2.75) is 18.9 Å². The number of rotatable bonds is 7. The van der Waals surface area contributed by atoms with Gasteiger partial charge in [-0.2, -0.15) is 0 Å². The molecule has 1 aromatic heterocycles. The highest BCUT2D eigenvalue weighted by atomic mass is 32.2. The number of para-hydroxylation sites is 2. The van der Waals surface area contributed by atoms with Crippen molar-refractivity contribution in [3.63, 3.8) is 0 Å². The predicted octanol–water partition coefficient (Wildman–Crippen LogP) is 5.30. The first-order valence-electron chi connectivity index (χ1n) is 9.98. The third-order valence-corrected chi connectivity index (χ3v) is 5.52. The maximum atomic E-state index is 10.2. The molecule has 0 spiro atoms. The lowest BCUT2D eigenvalue weighted by molar-refractivity contribution is 0.118. The molecule has 4 rings (SSSR count). The molecule has 0 radical (unpaired) electrons. The van der Waals surface area contributed by atoms with Gasteiger partial charge in [-0.15, -0.1) is 10.2 Å². The first-order valence-corrected chi connectivity index (χ1v) is 11.0. The summed E-state index contributed by atoms with van der Waals surface area (Å²) in [5, 5.41) is 20.2. The molecule has 0 bridgehead atoms. The van der Waals surface area contributed by atoms with Gasteiger partial charge in [-0.05, 0) is 31.0 Å². The number of azo groups is 1. The number of ether oxygens (including phenoxy) is 2. The van der Waals surface area contributed by atoms with Crippen LogP contribution in [0.5, 0.6) is 11.6 Å². The molecule has 1 saturated heterocycles. The number of nitrogens with zero attached hydrogens (tertiary/aromatic N) is 3. The largest absolute Gasteiger partial charge is 0.493 e. The van der Waals surface area contributed by atoms with E-state index in [9.17, 15) is 5.11 Å². The molecule has 8 heteroatoms. The lowest BCUT2D eigenvalue weighted by Gasteiger charge is -2.07. The van der Waals surface area contributed by atoms with Gasteiger partial charge in [-0.1, -0.05) is 48.2 Å². The van der Waals surface area contributed by atoms with Crippen molar-refractivity contribution in [1.82, 2.24) is 4.98 Å². The first-order chi connectivity index (χ1) is 14.8. The quantitative estimate of drug-likeness (QED) is 0.233. The Morgan fingerprint density at radius 1 is 1.17 bits per heavy atom. The third kappa shape index (κ3) is 5.40. The molecule has 1 aliphatic rings. The molecule has 2 heterocycles. The zero-order valence-corrected chi connectivity index (χ0v) is 17.3. The second-order valence-corrected chi connectivity index (χ2v) is 7.90. The van der Waals surface area contributed by atoms with Crippen LogP contribution in [0.25, 0.3) is 10.9 Å². The molecular formula is C22H24N4O3S. The van der Waals surface area contributed by atoms with E-state index in [2.05, 4.69) is 20.2 Å². The number of fused-ring (bicyclic) bond motifs is 1. The molecule has 0 amide bonds. The Hall–Kier alpha value is -2.84. The SMILES string of the molecule is Oc1[nH]c2ccccc2c1N=NC(=NC[C@H]1CCCO1)SCCOc1ccccc1. The van der Waals surface area contributed by atoms with Gasteiger partial charge in [0.25, 0.3) is 0 Å². The number of nitrogens with one attached hydrogen (secondary N) is 1. The molecule has 0 saturated carbocycles. The standard InChI is InChI=1S/C22H24N4O3S/c27-21-20(18-10-4-5-11-19(18)24-21)25-26-22(23-15-17-9-6-12-28-17)30-14-13-29-16-7-2-1-3-8-16/h1-5,7-8,10-11,17,24,27H,6,9,12-15H2/t17-/m1/s1. The number of H-pyrrole nitrogens is 1. The van der Waals surface area contributed by atoms with Crippen LogP contribution in [0.15, 0.2) is 69.8 Å². The lowest BCUT2D eigenvalue weighted by Crippen LogP contribution is -2.10. The molecule has 2 aromatic carbocycles.